The van der Waals surface area contributed by atoms with Gasteiger partial charge in [0.05, 0.1) is 10.6 Å². The molecule has 1 fully saturated rings. The molecule has 19 heavy (non-hydrogen) atoms. The van der Waals surface area contributed by atoms with E-state index in [4.69, 9.17) is 16.7 Å². The highest BCUT2D eigenvalue weighted by molar-refractivity contribution is 6.33. The molecule has 6 nitrogen and oxygen atoms in total. The molecular weight excluding hydrogens is 270 g/mol. The summed E-state index contributed by atoms with van der Waals surface area (Å²) in [7, 11) is 0. The lowest BCUT2D eigenvalue weighted by molar-refractivity contribution is -0.126. The van der Waals surface area contributed by atoms with Gasteiger partial charge in [0.25, 0.3) is 0 Å². The van der Waals surface area contributed by atoms with E-state index in [1.54, 1.807) is 18.7 Å². The van der Waals surface area contributed by atoms with E-state index in [9.17, 15) is 9.59 Å². The fourth-order valence-electron chi connectivity index (χ4n) is 2.02. The van der Waals surface area contributed by atoms with Crippen molar-refractivity contribution >= 4 is 29.3 Å². The molecule has 0 spiro atoms. The normalized spacial score (nSPS) is 18.1. The third kappa shape index (κ3) is 2.35. The first kappa shape index (κ1) is 13.6. The number of aromatic carboxylic acids is 1. The van der Waals surface area contributed by atoms with Crippen LogP contribution in [-0.4, -0.2) is 40.6 Å². The van der Waals surface area contributed by atoms with Crippen LogP contribution in [0, 0.1) is 0 Å². The number of hydrogen-bond donors (Lipinski definition) is 2. The minimum absolute atomic E-state index is 0.0213. The predicted molar refractivity (Wildman–Crippen MR) is 70.6 cm³/mol. The van der Waals surface area contributed by atoms with Gasteiger partial charge in [0.1, 0.15) is 11.4 Å². The van der Waals surface area contributed by atoms with Crippen LogP contribution >= 0.6 is 11.6 Å². The quantitative estimate of drug-likeness (QED) is 0.851. The molecule has 1 aromatic rings. The van der Waals surface area contributed by atoms with Gasteiger partial charge in [-0.05, 0) is 19.9 Å². The maximum atomic E-state index is 11.9. The lowest BCUT2D eigenvalue weighted by Crippen LogP contribution is -2.62. The molecule has 0 bridgehead atoms. The number of nitrogens with one attached hydrogen (secondary N) is 1. The number of carboxylic acids is 1. The average Bonchev–Trinajstić information content (AvgIpc) is 2.33. The molecule has 7 heteroatoms. The van der Waals surface area contributed by atoms with Crippen molar-refractivity contribution in [3.05, 3.63) is 22.8 Å². The number of pyridine rings is 1. The van der Waals surface area contributed by atoms with Crippen molar-refractivity contribution in [1.29, 1.82) is 0 Å². The molecule has 2 rings (SSSR count). The number of carboxylic acid groups (broad SMARTS) is 1. The van der Waals surface area contributed by atoms with Crippen molar-refractivity contribution in [2.75, 3.05) is 18.0 Å². The number of nitrogens with zero attached hydrogens (tertiary/aromatic N) is 2. The van der Waals surface area contributed by atoms with Crippen molar-refractivity contribution in [1.82, 2.24) is 10.3 Å². The van der Waals surface area contributed by atoms with Crippen molar-refractivity contribution in [2.24, 2.45) is 0 Å². The van der Waals surface area contributed by atoms with E-state index in [0.717, 1.165) is 0 Å². The first-order chi connectivity index (χ1) is 8.84. The van der Waals surface area contributed by atoms with Gasteiger partial charge in [0.2, 0.25) is 5.91 Å². The molecule has 0 radical (unpaired) electrons. The molecule has 1 aromatic heterocycles. The molecule has 1 amide bonds. The lowest BCUT2D eigenvalue weighted by Gasteiger charge is -2.42. The molecule has 0 saturated carbocycles. The second-order valence-electron chi connectivity index (χ2n) is 4.80. The minimum atomic E-state index is -1.09. The molecule has 102 valence electrons. The van der Waals surface area contributed by atoms with Crippen LogP contribution in [0.25, 0.3) is 0 Å². The Morgan fingerprint density at radius 1 is 1.58 bits per heavy atom. The van der Waals surface area contributed by atoms with Crippen molar-refractivity contribution in [3.63, 3.8) is 0 Å². The van der Waals surface area contributed by atoms with Gasteiger partial charge in [-0.1, -0.05) is 11.6 Å². The van der Waals surface area contributed by atoms with Gasteiger partial charge >= 0.3 is 5.97 Å². The van der Waals surface area contributed by atoms with Gasteiger partial charge in [0, 0.05) is 19.3 Å². The monoisotopic (exact) mass is 283 g/mol. The van der Waals surface area contributed by atoms with Crippen LogP contribution < -0.4 is 10.2 Å². The predicted octanol–water partition coefficient (Wildman–Crippen LogP) is 1.15. The summed E-state index contributed by atoms with van der Waals surface area (Å²) in [5, 5.41) is 11.9. The zero-order valence-corrected chi connectivity index (χ0v) is 11.4. The Kier molecular flexibility index (Phi) is 3.36. The maximum Gasteiger partial charge on any atom is 0.337 e. The number of aromatic nitrogens is 1. The molecule has 2 heterocycles. The number of anilines is 1. The van der Waals surface area contributed by atoms with Crippen LogP contribution in [0.15, 0.2) is 12.3 Å². The van der Waals surface area contributed by atoms with Gasteiger partial charge < -0.3 is 15.3 Å². The summed E-state index contributed by atoms with van der Waals surface area (Å²) in [5.74, 6) is -0.776. The second kappa shape index (κ2) is 4.70. The summed E-state index contributed by atoms with van der Waals surface area (Å²) >= 11 is 6.08. The number of halogens is 1. The molecule has 1 aliphatic rings. The van der Waals surface area contributed by atoms with E-state index in [1.807, 2.05) is 0 Å². The zero-order valence-electron chi connectivity index (χ0n) is 10.6. The summed E-state index contributed by atoms with van der Waals surface area (Å²) in [5.41, 5.74) is -0.757. The van der Waals surface area contributed by atoms with E-state index >= 15 is 0 Å². The molecule has 1 aliphatic heterocycles. The minimum Gasteiger partial charge on any atom is -0.478 e. The molecule has 0 unspecified atom stereocenters. The van der Waals surface area contributed by atoms with E-state index in [-0.39, 0.29) is 16.5 Å². The molecule has 0 aliphatic carbocycles. The summed E-state index contributed by atoms with van der Waals surface area (Å²) < 4.78 is 0. The smallest absolute Gasteiger partial charge is 0.337 e. The van der Waals surface area contributed by atoms with Gasteiger partial charge in [-0.15, -0.1) is 0 Å². The highest BCUT2D eigenvalue weighted by atomic mass is 35.5. The Balaban J connectivity index is 2.41. The lowest BCUT2D eigenvalue weighted by atomic mass is 9.99. The van der Waals surface area contributed by atoms with E-state index in [0.29, 0.717) is 18.9 Å². The van der Waals surface area contributed by atoms with Gasteiger partial charge in [0.15, 0.2) is 0 Å². The Labute approximate surface area is 115 Å². The topological polar surface area (TPSA) is 82.5 Å². The molecule has 2 N–H and O–H groups in total. The Morgan fingerprint density at radius 3 is 2.84 bits per heavy atom. The van der Waals surface area contributed by atoms with Gasteiger partial charge in [-0.3, -0.25) is 4.79 Å². The van der Waals surface area contributed by atoms with Gasteiger partial charge in [-0.25, -0.2) is 9.78 Å². The zero-order chi connectivity index (χ0) is 14.2. The van der Waals surface area contributed by atoms with E-state index in [2.05, 4.69) is 10.3 Å². The van der Waals surface area contributed by atoms with Crippen molar-refractivity contribution < 1.29 is 14.7 Å². The Morgan fingerprint density at radius 2 is 2.26 bits per heavy atom. The number of carbonyl (C=O) groups is 2. The Bertz CT molecular complexity index is 545. The first-order valence-corrected chi connectivity index (χ1v) is 6.16. The highest BCUT2D eigenvalue weighted by Gasteiger charge is 2.39. The SMILES string of the molecule is CC1(C)C(=O)NCCN1c1ncc(C(=O)O)cc1Cl. The number of amides is 1. The number of carbonyl (C=O) groups excluding carboxylic acids is 1. The van der Waals surface area contributed by atoms with Crippen LogP contribution in [0.3, 0.4) is 0 Å². The Hall–Kier alpha value is -1.82. The van der Waals surface area contributed by atoms with Crippen LogP contribution in [0.5, 0.6) is 0 Å². The van der Waals surface area contributed by atoms with Crippen molar-refractivity contribution in [3.8, 4) is 0 Å². The molecule has 1 saturated heterocycles. The second-order valence-corrected chi connectivity index (χ2v) is 5.21. The molecule has 0 aromatic carbocycles. The summed E-state index contributed by atoms with van der Waals surface area (Å²) in [6.45, 7) is 4.61. The van der Waals surface area contributed by atoms with Crippen LogP contribution in [-0.2, 0) is 4.79 Å². The highest BCUT2D eigenvalue weighted by Crippen LogP contribution is 2.30. The third-order valence-corrected chi connectivity index (χ3v) is 3.45. The van der Waals surface area contributed by atoms with E-state index in [1.165, 1.54) is 12.3 Å². The standard InChI is InChI=1S/C12H14ClN3O3/c1-12(2)11(19)14-3-4-16(12)9-8(13)5-7(6-15-9)10(17)18/h5-6H,3-4H2,1-2H3,(H,14,19)(H,17,18). The largest absolute Gasteiger partial charge is 0.478 e. The van der Waals surface area contributed by atoms with Gasteiger partial charge in [-0.2, -0.15) is 0 Å². The number of hydrogen-bond acceptors (Lipinski definition) is 4. The summed E-state index contributed by atoms with van der Waals surface area (Å²) in [6.07, 6.45) is 1.24. The first-order valence-electron chi connectivity index (χ1n) is 5.79. The van der Waals surface area contributed by atoms with Crippen LogP contribution in [0.4, 0.5) is 5.82 Å². The third-order valence-electron chi connectivity index (χ3n) is 3.18. The fraction of sp³-hybridized carbons (Fsp3) is 0.417. The molecule has 0 atom stereocenters. The summed E-state index contributed by atoms with van der Waals surface area (Å²) in [6, 6.07) is 1.34. The van der Waals surface area contributed by atoms with E-state index < -0.39 is 11.5 Å². The fourth-order valence-corrected chi connectivity index (χ4v) is 2.28. The number of rotatable bonds is 2. The van der Waals surface area contributed by atoms with Crippen molar-refractivity contribution in [2.45, 2.75) is 19.4 Å². The number of piperazine rings is 1. The van der Waals surface area contributed by atoms with Crippen LogP contribution in [0.2, 0.25) is 5.02 Å². The maximum absolute atomic E-state index is 11.9. The average molecular weight is 284 g/mol. The molecular formula is C12H14ClN3O3. The van der Waals surface area contributed by atoms with Crippen LogP contribution in [0.1, 0.15) is 24.2 Å². The summed E-state index contributed by atoms with van der Waals surface area (Å²) in [4.78, 5) is 28.6.